The monoisotopic (exact) mass is 510 g/mol. The fourth-order valence-corrected chi connectivity index (χ4v) is 0. The maximum Gasteiger partial charge on any atom is 0 e. The largest absolute Gasteiger partial charge is 0 e. The molecule has 0 saturated heterocycles. The summed E-state index contributed by atoms with van der Waals surface area (Å²) in [4.78, 5) is 0. The van der Waals surface area contributed by atoms with E-state index in [4.69, 9.17) is 0 Å². The summed E-state index contributed by atoms with van der Waals surface area (Å²) < 4.78 is 0. The van der Waals surface area contributed by atoms with Crippen molar-refractivity contribution in [3.8, 4) is 0 Å². The second-order valence-electron chi connectivity index (χ2n) is 0. The molecular weight excluding hydrogens is 511 g/mol. The van der Waals surface area contributed by atoms with Crippen molar-refractivity contribution in [1.29, 1.82) is 0 Å². The first-order valence-electron chi connectivity index (χ1n) is 0. The van der Waals surface area contributed by atoms with Crippen LogP contribution in [0.25, 0.3) is 0 Å². The van der Waals surface area contributed by atoms with Gasteiger partial charge in [-0.3, -0.25) is 0 Å². The van der Waals surface area contributed by atoms with Gasteiger partial charge < -0.3 is 0 Å². The number of rotatable bonds is 0. The molecule has 0 aliphatic heterocycles. The summed E-state index contributed by atoms with van der Waals surface area (Å²) in [6.45, 7) is 0. The molecule has 0 atom stereocenters. The van der Waals surface area contributed by atoms with Gasteiger partial charge in [-0.2, -0.15) is 0 Å². The third-order valence-corrected chi connectivity index (χ3v) is 0. The Hall–Kier alpha value is 2.64. The maximum atomic E-state index is 0. The smallest absolute Gasteiger partial charge is 0 e. The zero-order valence-corrected chi connectivity index (χ0v) is 8.30. The molecule has 4 heteroatoms. The van der Waals surface area contributed by atoms with Gasteiger partial charge >= 0.3 is 0 Å². The van der Waals surface area contributed by atoms with Gasteiger partial charge in [0.25, 0.3) is 0 Å². The van der Waals surface area contributed by atoms with Crippen LogP contribution < -0.4 is 0 Å². The Kier molecular flexibility index (Phi) is 132. The first-order chi connectivity index (χ1) is 0. The van der Waals surface area contributed by atoms with Gasteiger partial charge in [-0.1, -0.05) is 0 Å². The van der Waals surface area contributed by atoms with Crippen LogP contribution in [0, 0.1) is 0 Å². The molecular formula is Pd2PtRh. The van der Waals surface area contributed by atoms with Crippen molar-refractivity contribution in [2.75, 3.05) is 0 Å². The van der Waals surface area contributed by atoms with Crippen LogP contribution in [0.15, 0.2) is 0 Å². The molecule has 0 unspecified atom stereocenters. The van der Waals surface area contributed by atoms with Crippen LogP contribution in [0.4, 0.5) is 0 Å². The Balaban J connectivity index is 0. The standard InChI is InChI=1S/2Pd.Pt.Rh. The van der Waals surface area contributed by atoms with Crippen LogP contribution in [0.3, 0.4) is 0 Å². The normalized spacial score (nSPS) is 0. The van der Waals surface area contributed by atoms with Gasteiger partial charge in [-0.15, -0.1) is 0 Å². The van der Waals surface area contributed by atoms with E-state index in [0.717, 1.165) is 0 Å². The predicted molar refractivity (Wildman–Crippen MR) is 0 cm³/mol. The molecule has 0 aromatic heterocycles. The number of hydrogen-bond acceptors (Lipinski definition) is 0. The molecule has 0 aliphatic rings. The topological polar surface area (TPSA) is 0 Å². The first kappa shape index (κ1) is 30.3. The van der Waals surface area contributed by atoms with Gasteiger partial charge in [0.1, 0.15) is 0 Å². The third-order valence-electron chi connectivity index (χ3n) is 0. The molecule has 0 N–H and O–H groups in total. The minimum absolute atomic E-state index is 0. The van der Waals surface area contributed by atoms with Gasteiger partial charge in [0, 0.05) is 81.4 Å². The Morgan fingerprint density at radius 2 is 0.750 bits per heavy atom. The van der Waals surface area contributed by atoms with Crippen molar-refractivity contribution in [3.05, 3.63) is 0 Å². The van der Waals surface area contributed by atoms with E-state index in [1.807, 2.05) is 0 Å². The van der Waals surface area contributed by atoms with E-state index in [2.05, 4.69) is 0 Å². The molecule has 0 aromatic rings. The molecule has 0 rings (SSSR count). The molecule has 0 heterocycles. The molecule has 1 radical (unpaired) electrons. The minimum Gasteiger partial charge on any atom is 0 e. The molecule has 0 bridgehead atoms. The van der Waals surface area contributed by atoms with Crippen molar-refractivity contribution in [2.24, 2.45) is 0 Å². The summed E-state index contributed by atoms with van der Waals surface area (Å²) in [5, 5.41) is 0. The van der Waals surface area contributed by atoms with Gasteiger partial charge in [-0.25, -0.2) is 0 Å². The van der Waals surface area contributed by atoms with E-state index < -0.39 is 0 Å². The fraction of sp³-hybridized carbons (Fsp3) is 0. The van der Waals surface area contributed by atoms with Gasteiger partial charge in [0.2, 0.25) is 0 Å². The van der Waals surface area contributed by atoms with Crippen molar-refractivity contribution < 1.29 is 81.4 Å². The molecule has 0 fully saturated rings. The molecule has 4 heavy (non-hydrogen) atoms. The van der Waals surface area contributed by atoms with Crippen LogP contribution in [0.1, 0.15) is 0 Å². The Morgan fingerprint density at radius 1 is 0.750 bits per heavy atom. The molecule has 0 spiro atoms. The van der Waals surface area contributed by atoms with Crippen LogP contribution in [-0.4, -0.2) is 0 Å². The van der Waals surface area contributed by atoms with E-state index in [-0.39, 0.29) is 81.4 Å². The zero-order valence-electron chi connectivity index (χ0n) is 1.28. The quantitative estimate of drug-likeness (QED) is 0.402. The molecule has 0 amide bonds. The molecule has 0 aromatic carbocycles. The summed E-state index contributed by atoms with van der Waals surface area (Å²) in [6, 6.07) is 0. The zero-order chi connectivity index (χ0) is 0. The Bertz CT molecular complexity index is 6.00. The second kappa shape index (κ2) is 17.4. The van der Waals surface area contributed by atoms with E-state index in [9.17, 15) is 0 Å². The second-order valence-corrected chi connectivity index (χ2v) is 0. The minimum atomic E-state index is 0. The predicted octanol–water partition coefficient (Wildman–Crippen LogP) is -0.0100. The van der Waals surface area contributed by atoms with Crippen molar-refractivity contribution in [1.82, 2.24) is 0 Å². The van der Waals surface area contributed by atoms with Gasteiger partial charge in [-0.05, 0) is 0 Å². The summed E-state index contributed by atoms with van der Waals surface area (Å²) in [7, 11) is 0. The maximum absolute atomic E-state index is 0. The SMILES string of the molecule is [Pd].[Pd].[Pt].[Rh]. The number of hydrogen-bond donors (Lipinski definition) is 0. The van der Waals surface area contributed by atoms with E-state index in [0.29, 0.717) is 0 Å². The first-order valence-corrected chi connectivity index (χ1v) is 0. The van der Waals surface area contributed by atoms with Crippen molar-refractivity contribution in [3.63, 3.8) is 0 Å². The Morgan fingerprint density at radius 3 is 0.750 bits per heavy atom. The Labute approximate surface area is 80.2 Å². The molecule has 0 saturated carbocycles. The van der Waals surface area contributed by atoms with Crippen LogP contribution >= 0.6 is 0 Å². The molecule has 0 nitrogen and oxygen atoms in total. The summed E-state index contributed by atoms with van der Waals surface area (Å²) in [6.07, 6.45) is 0. The van der Waals surface area contributed by atoms with Crippen LogP contribution in [-0.2, 0) is 81.4 Å². The van der Waals surface area contributed by atoms with E-state index in [1.54, 1.807) is 0 Å². The fourth-order valence-electron chi connectivity index (χ4n) is 0. The van der Waals surface area contributed by atoms with E-state index in [1.165, 1.54) is 0 Å². The van der Waals surface area contributed by atoms with Gasteiger partial charge in [0.15, 0.2) is 0 Å². The van der Waals surface area contributed by atoms with Crippen molar-refractivity contribution in [2.45, 2.75) is 0 Å². The van der Waals surface area contributed by atoms with E-state index >= 15 is 0 Å². The molecule has 39 valence electrons. The summed E-state index contributed by atoms with van der Waals surface area (Å²) in [5.74, 6) is 0. The molecule has 0 aliphatic carbocycles. The third kappa shape index (κ3) is 8.82. The average Bonchev–Trinajstić information content (AvgIpc) is 0. The van der Waals surface area contributed by atoms with Crippen LogP contribution in [0.5, 0.6) is 0 Å². The van der Waals surface area contributed by atoms with Gasteiger partial charge in [0.05, 0.1) is 0 Å². The van der Waals surface area contributed by atoms with Crippen LogP contribution in [0.2, 0.25) is 0 Å². The van der Waals surface area contributed by atoms with Crippen molar-refractivity contribution >= 4 is 0 Å². The summed E-state index contributed by atoms with van der Waals surface area (Å²) in [5.41, 5.74) is 0. The average molecular weight is 511 g/mol. The summed E-state index contributed by atoms with van der Waals surface area (Å²) >= 11 is 0.